The summed E-state index contributed by atoms with van der Waals surface area (Å²) < 4.78 is 19.4. The lowest BCUT2D eigenvalue weighted by atomic mass is 9.87. The highest BCUT2D eigenvalue weighted by molar-refractivity contribution is 5.94. The summed E-state index contributed by atoms with van der Waals surface area (Å²) in [4.78, 5) is 11.9. The van der Waals surface area contributed by atoms with Crippen LogP contribution in [0.4, 0.5) is 10.2 Å². The van der Waals surface area contributed by atoms with Crippen molar-refractivity contribution in [3.8, 4) is 5.75 Å². The van der Waals surface area contributed by atoms with Crippen LogP contribution < -0.4 is 10.1 Å². The number of hydrogen-bond acceptors (Lipinski definition) is 3. The van der Waals surface area contributed by atoms with Gasteiger partial charge < -0.3 is 10.1 Å². The predicted molar refractivity (Wildman–Crippen MR) is 90.9 cm³/mol. The summed E-state index contributed by atoms with van der Waals surface area (Å²) in [5.74, 6) is 0.847. The van der Waals surface area contributed by atoms with Gasteiger partial charge in [0, 0.05) is 23.5 Å². The summed E-state index contributed by atoms with van der Waals surface area (Å²) in [7, 11) is 0. The van der Waals surface area contributed by atoms with E-state index in [1.54, 1.807) is 24.4 Å². The molecule has 1 aliphatic heterocycles. The van der Waals surface area contributed by atoms with Gasteiger partial charge in [-0.05, 0) is 23.8 Å². The molecule has 4 rings (SSSR count). The first-order valence-electron chi connectivity index (χ1n) is 8.00. The van der Waals surface area contributed by atoms with Gasteiger partial charge in [0.1, 0.15) is 24.0 Å². The van der Waals surface area contributed by atoms with Gasteiger partial charge in [0.25, 0.3) is 0 Å². The van der Waals surface area contributed by atoms with Crippen molar-refractivity contribution in [2.24, 2.45) is 0 Å². The maximum atomic E-state index is 13.7. The number of amides is 1. The molecule has 2 heterocycles. The second-order valence-corrected chi connectivity index (χ2v) is 5.96. The molecule has 0 spiro atoms. The molecule has 0 saturated heterocycles. The lowest BCUT2D eigenvalue weighted by molar-refractivity contribution is -0.116. The van der Waals surface area contributed by atoms with Gasteiger partial charge in [-0.1, -0.05) is 30.3 Å². The number of hydrogen-bond donors (Lipinski definition) is 2. The summed E-state index contributed by atoms with van der Waals surface area (Å²) in [6.07, 6.45) is 2.08. The Hall–Kier alpha value is -3.15. The number of benzene rings is 2. The van der Waals surface area contributed by atoms with E-state index in [4.69, 9.17) is 4.74 Å². The van der Waals surface area contributed by atoms with Crippen LogP contribution >= 0.6 is 0 Å². The molecule has 1 atom stereocenters. The van der Waals surface area contributed by atoms with Gasteiger partial charge in [-0.2, -0.15) is 5.10 Å². The lowest BCUT2D eigenvalue weighted by Crippen LogP contribution is -2.22. The molecular weight excluding hydrogens is 321 g/mol. The van der Waals surface area contributed by atoms with Crippen molar-refractivity contribution in [3.05, 3.63) is 77.2 Å². The Morgan fingerprint density at radius 3 is 2.96 bits per heavy atom. The first kappa shape index (κ1) is 15.4. The number of fused-ring (bicyclic) bond motifs is 1. The van der Waals surface area contributed by atoms with Gasteiger partial charge in [0.2, 0.25) is 5.91 Å². The van der Waals surface area contributed by atoms with E-state index in [-0.39, 0.29) is 24.2 Å². The van der Waals surface area contributed by atoms with Crippen LogP contribution in [0.15, 0.2) is 54.7 Å². The first-order chi connectivity index (χ1) is 12.2. The zero-order valence-electron chi connectivity index (χ0n) is 13.3. The minimum Gasteiger partial charge on any atom is -0.489 e. The molecule has 0 saturated carbocycles. The summed E-state index contributed by atoms with van der Waals surface area (Å²) in [5.41, 5.74) is 2.41. The topological polar surface area (TPSA) is 67.0 Å². The summed E-state index contributed by atoms with van der Waals surface area (Å²) in [6.45, 7) is 0.151. The van der Waals surface area contributed by atoms with Crippen molar-refractivity contribution in [2.45, 2.75) is 18.9 Å². The molecule has 25 heavy (non-hydrogen) atoms. The average Bonchev–Trinajstić information content (AvgIpc) is 3.09. The number of nitrogens with one attached hydrogen (secondary N) is 2. The molecule has 2 N–H and O–H groups in total. The fourth-order valence-electron chi connectivity index (χ4n) is 3.04. The second-order valence-electron chi connectivity index (χ2n) is 5.96. The third kappa shape index (κ3) is 3.10. The summed E-state index contributed by atoms with van der Waals surface area (Å²) in [6, 6.07) is 14.1. The van der Waals surface area contributed by atoms with Crippen LogP contribution in [0.3, 0.4) is 0 Å². The smallest absolute Gasteiger partial charge is 0.226 e. The zero-order valence-corrected chi connectivity index (χ0v) is 13.3. The number of rotatable bonds is 4. The second kappa shape index (κ2) is 6.39. The van der Waals surface area contributed by atoms with Crippen LogP contribution in [0, 0.1) is 5.82 Å². The number of H-pyrrole nitrogens is 1. The summed E-state index contributed by atoms with van der Waals surface area (Å²) >= 11 is 0. The van der Waals surface area contributed by atoms with Crippen molar-refractivity contribution < 1.29 is 13.9 Å². The molecule has 0 radical (unpaired) electrons. The first-order valence-corrected chi connectivity index (χ1v) is 8.00. The number of halogens is 1. The highest BCUT2D eigenvalue weighted by Gasteiger charge is 2.28. The molecule has 0 fully saturated rings. The number of carbonyl (C=O) groups excluding carboxylic acids is 1. The normalized spacial score (nSPS) is 16.2. The molecule has 2 aromatic carbocycles. The molecule has 3 aromatic rings. The summed E-state index contributed by atoms with van der Waals surface area (Å²) in [5, 5.41) is 9.59. The van der Waals surface area contributed by atoms with Crippen LogP contribution in [0.5, 0.6) is 5.75 Å². The Morgan fingerprint density at radius 1 is 1.20 bits per heavy atom. The van der Waals surface area contributed by atoms with Crippen LogP contribution in [-0.4, -0.2) is 16.1 Å². The van der Waals surface area contributed by atoms with Crippen LogP contribution in [0.25, 0.3) is 0 Å². The van der Waals surface area contributed by atoms with E-state index in [0.29, 0.717) is 23.6 Å². The molecule has 126 valence electrons. The van der Waals surface area contributed by atoms with Crippen LogP contribution in [0.1, 0.15) is 29.0 Å². The standard InChI is InChI=1S/C19H16FN3O2/c20-17-7-2-1-4-13(17)11-25-14-6-3-5-12(8-14)15-9-18(24)22-19-16(15)10-21-23-19/h1-8,10,15H,9,11H2,(H2,21,22,23,24). The van der Waals surface area contributed by atoms with E-state index in [2.05, 4.69) is 15.5 Å². The van der Waals surface area contributed by atoms with Gasteiger partial charge in [0.05, 0.1) is 6.20 Å². The monoisotopic (exact) mass is 337 g/mol. The maximum absolute atomic E-state index is 13.7. The molecule has 1 aromatic heterocycles. The van der Waals surface area contributed by atoms with E-state index in [1.807, 2.05) is 24.3 Å². The Bertz CT molecular complexity index is 922. The zero-order chi connectivity index (χ0) is 17.2. The van der Waals surface area contributed by atoms with E-state index >= 15 is 0 Å². The average molecular weight is 337 g/mol. The van der Waals surface area contributed by atoms with Crippen molar-refractivity contribution in [1.29, 1.82) is 0 Å². The predicted octanol–water partition coefficient (Wildman–Crippen LogP) is 3.60. The lowest BCUT2D eigenvalue weighted by Gasteiger charge is -2.22. The minimum absolute atomic E-state index is 0.0561. The fourth-order valence-corrected chi connectivity index (χ4v) is 3.04. The number of ether oxygens (including phenoxy) is 1. The Labute approximate surface area is 143 Å². The quantitative estimate of drug-likeness (QED) is 0.764. The maximum Gasteiger partial charge on any atom is 0.226 e. The highest BCUT2D eigenvalue weighted by Crippen LogP contribution is 2.36. The van der Waals surface area contributed by atoms with Crippen molar-refractivity contribution >= 4 is 11.7 Å². The molecule has 0 aliphatic carbocycles. The number of carbonyl (C=O) groups is 1. The van der Waals surface area contributed by atoms with Crippen molar-refractivity contribution in [2.75, 3.05) is 5.32 Å². The van der Waals surface area contributed by atoms with E-state index in [1.165, 1.54) is 6.07 Å². The van der Waals surface area contributed by atoms with E-state index in [0.717, 1.165) is 11.1 Å². The van der Waals surface area contributed by atoms with Crippen LogP contribution in [0.2, 0.25) is 0 Å². The van der Waals surface area contributed by atoms with Gasteiger partial charge in [-0.15, -0.1) is 0 Å². The van der Waals surface area contributed by atoms with Gasteiger partial charge in [-0.25, -0.2) is 4.39 Å². The van der Waals surface area contributed by atoms with Crippen molar-refractivity contribution in [1.82, 2.24) is 10.2 Å². The largest absolute Gasteiger partial charge is 0.489 e. The van der Waals surface area contributed by atoms with Crippen molar-refractivity contribution in [3.63, 3.8) is 0 Å². The third-order valence-electron chi connectivity index (χ3n) is 4.31. The molecule has 1 aliphatic rings. The molecule has 1 unspecified atom stereocenters. The van der Waals surface area contributed by atoms with Gasteiger partial charge >= 0.3 is 0 Å². The number of aromatic amines is 1. The molecular formula is C19H16FN3O2. The van der Waals surface area contributed by atoms with Gasteiger partial charge in [0.15, 0.2) is 0 Å². The number of anilines is 1. The van der Waals surface area contributed by atoms with Crippen LogP contribution in [-0.2, 0) is 11.4 Å². The molecule has 0 bridgehead atoms. The number of nitrogens with zero attached hydrogens (tertiary/aromatic N) is 1. The fraction of sp³-hybridized carbons (Fsp3) is 0.158. The molecule has 6 heteroatoms. The minimum atomic E-state index is -0.286. The molecule has 1 amide bonds. The third-order valence-corrected chi connectivity index (χ3v) is 4.31. The van der Waals surface area contributed by atoms with E-state index < -0.39 is 0 Å². The Balaban J connectivity index is 1.56. The van der Waals surface area contributed by atoms with Gasteiger partial charge in [-0.3, -0.25) is 9.89 Å². The van der Waals surface area contributed by atoms with E-state index in [9.17, 15) is 9.18 Å². The molecule has 5 nitrogen and oxygen atoms in total. The Morgan fingerprint density at radius 2 is 2.08 bits per heavy atom. The number of aromatic nitrogens is 2. The highest BCUT2D eigenvalue weighted by atomic mass is 19.1. The SMILES string of the molecule is O=C1CC(c2cccc(OCc3ccccc3F)c2)c2cn[nH]c2N1. The Kier molecular flexibility index (Phi) is 3.93.